The Bertz CT molecular complexity index is 434. The van der Waals surface area contributed by atoms with E-state index in [1.54, 1.807) is 32.2 Å². The van der Waals surface area contributed by atoms with E-state index in [9.17, 15) is 4.79 Å². The minimum absolute atomic E-state index is 0.276. The van der Waals surface area contributed by atoms with Crippen molar-refractivity contribution in [2.45, 2.75) is 19.4 Å². The van der Waals surface area contributed by atoms with Gasteiger partial charge in [0.2, 0.25) is 0 Å². The lowest BCUT2D eigenvalue weighted by Crippen LogP contribution is -2.20. The summed E-state index contributed by atoms with van der Waals surface area (Å²) >= 11 is 4.84. The standard InChI is InChI=1S/C13H17NO3S/c1-9(8-16-2)17-13(15)11-5-3-4-10(6-11)7-12(14)18/h3-6,9H,7-8H2,1-2H3,(H2,14,18). The third-order valence-corrected chi connectivity index (χ3v) is 2.39. The molecular weight excluding hydrogens is 250 g/mol. The summed E-state index contributed by atoms with van der Waals surface area (Å²) in [6.07, 6.45) is 0.200. The number of thiocarbonyl (C=S) groups is 1. The highest BCUT2D eigenvalue weighted by Crippen LogP contribution is 2.09. The fourth-order valence-electron chi connectivity index (χ4n) is 1.53. The maximum Gasteiger partial charge on any atom is 0.338 e. The number of esters is 1. The van der Waals surface area contributed by atoms with Crippen LogP contribution in [0.4, 0.5) is 0 Å². The zero-order valence-electron chi connectivity index (χ0n) is 10.5. The average Bonchev–Trinajstić information content (AvgIpc) is 2.28. The summed E-state index contributed by atoms with van der Waals surface area (Å²) in [5.74, 6) is -0.371. The van der Waals surface area contributed by atoms with Crippen LogP contribution in [-0.4, -0.2) is 30.8 Å². The van der Waals surface area contributed by atoms with Crippen molar-refractivity contribution in [3.05, 3.63) is 35.4 Å². The zero-order chi connectivity index (χ0) is 13.5. The van der Waals surface area contributed by atoms with Crippen LogP contribution >= 0.6 is 12.2 Å². The Morgan fingerprint density at radius 3 is 2.83 bits per heavy atom. The number of rotatable bonds is 6. The molecule has 1 aromatic rings. The van der Waals surface area contributed by atoms with Gasteiger partial charge in [-0.1, -0.05) is 24.4 Å². The van der Waals surface area contributed by atoms with Crippen LogP contribution in [0.3, 0.4) is 0 Å². The van der Waals surface area contributed by atoms with E-state index in [0.717, 1.165) is 5.56 Å². The molecule has 0 saturated carbocycles. The molecule has 0 fully saturated rings. The summed E-state index contributed by atoms with van der Waals surface area (Å²) in [4.78, 5) is 12.2. The molecule has 0 aromatic heterocycles. The van der Waals surface area contributed by atoms with Crippen molar-refractivity contribution in [1.82, 2.24) is 0 Å². The van der Waals surface area contributed by atoms with Crippen molar-refractivity contribution in [3.8, 4) is 0 Å². The fourth-order valence-corrected chi connectivity index (χ4v) is 1.70. The molecule has 0 aliphatic heterocycles. The number of hydrogen-bond acceptors (Lipinski definition) is 4. The van der Waals surface area contributed by atoms with Gasteiger partial charge in [-0.05, 0) is 24.6 Å². The number of ether oxygens (including phenoxy) is 2. The highest BCUT2D eigenvalue weighted by atomic mass is 32.1. The first-order chi connectivity index (χ1) is 8.52. The summed E-state index contributed by atoms with van der Waals surface area (Å²) in [6, 6.07) is 7.09. The topological polar surface area (TPSA) is 61.5 Å². The molecule has 0 radical (unpaired) electrons. The molecular formula is C13H17NO3S. The molecule has 0 amide bonds. The van der Waals surface area contributed by atoms with Crippen LogP contribution in [0.5, 0.6) is 0 Å². The Hall–Kier alpha value is -1.46. The van der Waals surface area contributed by atoms with Gasteiger partial charge >= 0.3 is 5.97 Å². The maximum atomic E-state index is 11.8. The van der Waals surface area contributed by atoms with E-state index >= 15 is 0 Å². The molecule has 1 aromatic carbocycles. The molecule has 0 spiro atoms. The number of methoxy groups -OCH3 is 1. The van der Waals surface area contributed by atoms with Crippen LogP contribution in [0.2, 0.25) is 0 Å². The van der Waals surface area contributed by atoms with E-state index in [1.807, 2.05) is 6.07 Å². The number of carbonyl (C=O) groups is 1. The molecule has 1 rings (SSSR count). The van der Waals surface area contributed by atoms with Gasteiger partial charge in [0.25, 0.3) is 0 Å². The largest absolute Gasteiger partial charge is 0.457 e. The predicted molar refractivity (Wildman–Crippen MR) is 73.7 cm³/mol. The minimum atomic E-state index is -0.371. The van der Waals surface area contributed by atoms with Crippen LogP contribution in [-0.2, 0) is 15.9 Å². The molecule has 0 heterocycles. The zero-order valence-corrected chi connectivity index (χ0v) is 11.3. The van der Waals surface area contributed by atoms with Crippen molar-refractivity contribution in [2.75, 3.05) is 13.7 Å². The summed E-state index contributed by atoms with van der Waals surface area (Å²) in [7, 11) is 1.56. The molecule has 98 valence electrons. The van der Waals surface area contributed by atoms with Crippen molar-refractivity contribution >= 4 is 23.2 Å². The Morgan fingerprint density at radius 2 is 2.22 bits per heavy atom. The molecule has 18 heavy (non-hydrogen) atoms. The van der Waals surface area contributed by atoms with Gasteiger partial charge in [0, 0.05) is 13.5 Å². The van der Waals surface area contributed by atoms with E-state index in [2.05, 4.69) is 0 Å². The quantitative estimate of drug-likeness (QED) is 0.628. The normalized spacial score (nSPS) is 11.9. The SMILES string of the molecule is COCC(C)OC(=O)c1cccc(CC(N)=S)c1. The van der Waals surface area contributed by atoms with E-state index in [0.29, 0.717) is 23.6 Å². The second kappa shape index (κ2) is 7.08. The first kappa shape index (κ1) is 14.6. The maximum absolute atomic E-state index is 11.8. The van der Waals surface area contributed by atoms with Crippen LogP contribution in [0.15, 0.2) is 24.3 Å². The number of benzene rings is 1. The van der Waals surface area contributed by atoms with E-state index in [4.69, 9.17) is 27.4 Å². The molecule has 5 heteroatoms. The Balaban J connectivity index is 2.70. The summed E-state index contributed by atoms with van der Waals surface area (Å²) < 4.78 is 10.1. The van der Waals surface area contributed by atoms with Crippen LogP contribution in [0.1, 0.15) is 22.8 Å². The van der Waals surface area contributed by atoms with Crippen LogP contribution in [0, 0.1) is 0 Å². The highest BCUT2D eigenvalue weighted by molar-refractivity contribution is 7.80. The highest BCUT2D eigenvalue weighted by Gasteiger charge is 2.12. The summed E-state index contributed by atoms with van der Waals surface area (Å²) in [6.45, 7) is 2.15. The van der Waals surface area contributed by atoms with Crippen molar-refractivity contribution in [1.29, 1.82) is 0 Å². The van der Waals surface area contributed by atoms with Crippen LogP contribution in [0.25, 0.3) is 0 Å². The van der Waals surface area contributed by atoms with Gasteiger partial charge in [-0.25, -0.2) is 4.79 Å². The van der Waals surface area contributed by atoms with Gasteiger partial charge in [-0.15, -0.1) is 0 Å². The van der Waals surface area contributed by atoms with Gasteiger partial charge in [0.15, 0.2) is 0 Å². The van der Waals surface area contributed by atoms with Gasteiger partial charge in [-0.2, -0.15) is 0 Å². The molecule has 0 aliphatic rings. The number of hydrogen-bond donors (Lipinski definition) is 1. The predicted octanol–water partition coefficient (Wildman–Crippen LogP) is 1.71. The fraction of sp³-hybridized carbons (Fsp3) is 0.385. The van der Waals surface area contributed by atoms with E-state index in [1.165, 1.54) is 0 Å². The number of carbonyl (C=O) groups excluding carboxylic acids is 1. The summed E-state index contributed by atoms with van der Waals surface area (Å²) in [5.41, 5.74) is 6.86. The third kappa shape index (κ3) is 4.81. The smallest absolute Gasteiger partial charge is 0.338 e. The average molecular weight is 267 g/mol. The van der Waals surface area contributed by atoms with Crippen molar-refractivity contribution in [3.63, 3.8) is 0 Å². The molecule has 1 atom stereocenters. The first-order valence-corrected chi connectivity index (χ1v) is 6.01. The molecule has 0 saturated heterocycles. The van der Waals surface area contributed by atoms with E-state index in [-0.39, 0.29) is 12.1 Å². The molecule has 2 N–H and O–H groups in total. The minimum Gasteiger partial charge on any atom is -0.457 e. The van der Waals surface area contributed by atoms with Gasteiger partial charge in [-0.3, -0.25) is 0 Å². The van der Waals surface area contributed by atoms with Crippen LogP contribution < -0.4 is 5.73 Å². The molecule has 0 aliphatic carbocycles. The third-order valence-electron chi connectivity index (χ3n) is 2.25. The lowest BCUT2D eigenvalue weighted by molar-refractivity contribution is 0.0120. The Kier molecular flexibility index (Phi) is 5.74. The van der Waals surface area contributed by atoms with E-state index < -0.39 is 0 Å². The second-order valence-electron chi connectivity index (χ2n) is 4.01. The second-order valence-corrected chi connectivity index (χ2v) is 4.54. The molecule has 0 bridgehead atoms. The molecule has 1 unspecified atom stereocenters. The Labute approximate surface area is 112 Å². The monoisotopic (exact) mass is 267 g/mol. The molecule has 4 nitrogen and oxygen atoms in total. The lowest BCUT2D eigenvalue weighted by Gasteiger charge is -2.12. The number of nitrogens with two attached hydrogens (primary N) is 1. The van der Waals surface area contributed by atoms with Gasteiger partial charge < -0.3 is 15.2 Å². The first-order valence-electron chi connectivity index (χ1n) is 5.60. The van der Waals surface area contributed by atoms with Crippen molar-refractivity contribution < 1.29 is 14.3 Å². The summed E-state index contributed by atoms with van der Waals surface area (Å²) in [5, 5.41) is 0. The van der Waals surface area contributed by atoms with Gasteiger partial charge in [0.05, 0.1) is 17.2 Å². The Morgan fingerprint density at radius 1 is 1.50 bits per heavy atom. The van der Waals surface area contributed by atoms with Gasteiger partial charge in [0.1, 0.15) is 6.10 Å². The van der Waals surface area contributed by atoms with Crippen molar-refractivity contribution in [2.24, 2.45) is 5.73 Å². The lowest BCUT2D eigenvalue weighted by atomic mass is 10.1.